The van der Waals surface area contributed by atoms with Gasteiger partial charge in [-0.1, -0.05) is 0 Å². The number of guanidine groups is 1. The molecule has 0 atom stereocenters. The fourth-order valence-electron chi connectivity index (χ4n) is 3.42. The lowest BCUT2D eigenvalue weighted by atomic mass is 9.93. The summed E-state index contributed by atoms with van der Waals surface area (Å²) >= 11 is 0. The predicted molar refractivity (Wildman–Crippen MR) is 122 cm³/mol. The normalized spacial score (nSPS) is 16.2. The molecule has 0 spiro atoms. The third kappa shape index (κ3) is 6.83. The van der Waals surface area contributed by atoms with E-state index in [0.29, 0.717) is 31.2 Å². The Bertz CT molecular complexity index is 693. The van der Waals surface area contributed by atoms with Crippen LogP contribution < -0.4 is 24.8 Å². The third-order valence-electron chi connectivity index (χ3n) is 4.97. The van der Waals surface area contributed by atoms with Gasteiger partial charge in [-0.05, 0) is 37.8 Å². The summed E-state index contributed by atoms with van der Waals surface area (Å²) < 4.78 is 16.5. The van der Waals surface area contributed by atoms with Crippen LogP contribution in [-0.4, -0.2) is 63.4 Å². The van der Waals surface area contributed by atoms with Crippen LogP contribution >= 0.6 is 24.0 Å². The van der Waals surface area contributed by atoms with Gasteiger partial charge in [0.15, 0.2) is 17.5 Å². The van der Waals surface area contributed by atoms with Gasteiger partial charge in [-0.3, -0.25) is 4.79 Å². The highest BCUT2D eigenvalue weighted by atomic mass is 127. The van der Waals surface area contributed by atoms with Crippen molar-refractivity contribution >= 4 is 35.8 Å². The molecule has 2 aliphatic heterocycles. The topological polar surface area (TPSA) is 84.4 Å². The van der Waals surface area contributed by atoms with E-state index in [9.17, 15) is 4.79 Å². The van der Waals surface area contributed by atoms with Crippen LogP contribution in [0.25, 0.3) is 0 Å². The second-order valence-corrected chi connectivity index (χ2v) is 6.91. The van der Waals surface area contributed by atoms with E-state index in [1.54, 1.807) is 7.05 Å². The Balaban J connectivity index is 0.00000300. The molecule has 3 rings (SSSR count). The van der Waals surface area contributed by atoms with Crippen molar-refractivity contribution in [2.24, 2.45) is 10.9 Å². The zero-order valence-corrected chi connectivity index (χ0v) is 19.4. The molecule has 2 N–H and O–H groups in total. The van der Waals surface area contributed by atoms with Gasteiger partial charge in [0.2, 0.25) is 12.7 Å². The number of ether oxygens (including phenoxy) is 3. The first-order chi connectivity index (χ1) is 13.7. The van der Waals surface area contributed by atoms with Crippen LogP contribution in [-0.2, 0) is 4.79 Å². The quantitative estimate of drug-likeness (QED) is 0.249. The van der Waals surface area contributed by atoms with Crippen LogP contribution in [0.1, 0.15) is 26.2 Å². The molecule has 8 nitrogen and oxygen atoms in total. The molecular formula is C20H31IN4O4. The van der Waals surface area contributed by atoms with Crippen LogP contribution in [0.4, 0.5) is 0 Å². The summed E-state index contributed by atoms with van der Waals surface area (Å²) in [6.07, 6.45) is 2.62. The maximum absolute atomic E-state index is 11.6. The number of amides is 1. The summed E-state index contributed by atoms with van der Waals surface area (Å²) in [6, 6.07) is 5.57. The van der Waals surface area contributed by atoms with Crippen LogP contribution in [0.3, 0.4) is 0 Å². The number of halogens is 1. The number of carbonyl (C=O) groups is 1. The van der Waals surface area contributed by atoms with Crippen LogP contribution in [0, 0.1) is 5.92 Å². The molecule has 1 fully saturated rings. The molecule has 1 saturated heterocycles. The highest BCUT2D eigenvalue weighted by Gasteiger charge is 2.23. The minimum atomic E-state index is 0. The summed E-state index contributed by atoms with van der Waals surface area (Å²) in [6.45, 7) is 6.02. The fourth-order valence-corrected chi connectivity index (χ4v) is 3.42. The van der Waals surface area contributed by atoms with E-state index in [1.807, 2.05) is 18.2 Å². The number of hydrogen-bond donors (Lipinski definition) is 2. The Morgan fingerprint density at radius 1 is 1.28 bits per heavy atom. The molecule has 0 saturated carbocycles. The van der Waals surface area contributed by atoms with Crippen molar-refractivity contribution in [2.75, 3.05) is 46.6 Å². The number of aliphatic imine (C=N–C) groups is 1. The number of carbonyl (C=O) groups excluding carboxylic acids is 1. The maximum Gasteiger partial charge on any atom is 0.231 e. The van der Waals surface area contributed by atoms with Gasteiger partial charge in [-0.2, -0.15) is 0 Å². The molecule has 0 unspecified atom stereocenters. The lowest BCUT2D eigenvalue weighted by molar-refractivity contribution is -0.121. The molecule has 0 radical (unpaired) electrons. The summed E-state index contributed by atoms with van der Waals surface area (Å²) in [5.41, 5.74) is 0. The van der Waals surface area contributed by atoms with Gasteiger partial charge in [0.1, 0.15) is 12.4 Å². The standard InChI is InChI=1S/C20H30N4O4.HI/c1-3-22-20(24-9-6-15(7-10-24)12-19(25)21-2)23-8-11-26-16-4-5-17-18(13-16)28-14-27-17;/h4-5,13,15H,3,6-12,14H2,1-2H3,(H,21,25)(H,22,23);1H. The molecule has 2 aliphatic rings. The monoisotopic (exact) mass is 518 g/mol. The van der Waals surface area contributed by atoms with Crippen LogP contribution in [0.5, 0.6) is 17.2 Å². The van der Waals surface area contributed by atoms with Gasteiger partial charge >= 0.3 is 0 Å². The molecule has 29 heavy (non-hydrogen) atoms. The Morgan fingerprint density at radius 2 is 2.03 bits per heavy atom. The summed E-state index contributed by atoms with van der Waals surface area (Å²) in [7, 11) is 1.69. The Kier molecular flexibility index (Phi) is 9.62. The van der Waals surface area contributed by atoms with E-state index in [-0.39, 0.29) is 36.7 Å². The lowest BCUT2D eigenvalue weighted by Gasteiger charge is -2.34. The Morgan fingerprint density at radius 3 is 2.76 bits per heavy atom. The minimum absolute atomic E-state index is 0. The predicted octanol–water partition coefficient (Wildman–Crippen LogP) is 2.23. The van der Waals surface area contributed by atoms with E-state index in [1.165, 1.54) is 0 Å². The van der Waals surface area contributed by atoms with Crippen LogP contribution in [0.2, 0.25) is 0 Å². The van der Waals surface area contributed by atoms with Crippen molar-refractivity contribution in [3.8, 4) is 17.2 Å². The number of fused-ring (bicyclic) bond motifs is 1. The zero-order valence-electron chi connectivity index (χ0n) is 17.1. The second kappa shape index (κ2) is 11.9. The number of nitrogens with one attached hydrogen (secondary N) is 2. The Labute approximate surface area is 189 Å². The number of hydrogen-bond acceptors (Lipinski definition) is 5. The van der Waals surface area contributed by atoms with E-state index in [2.05, 4.69) is 22.5 Å². The maximum atomic E-state index is 11.6. The zero-order chi connectivity index (χ0) is 19.8. The van der Waals surface area contributed by atoms with Crippen molar-refractivity contribution in [3.05, 3.63) is 18.2 Å². The molecule has 1 aromatic rings. The number of benzene rings is 1. The van der Waals surface area contributed by atoms with E-state index in [4.69, 9.17) is 19.2 Å². The summed E-state index contributed by atoms with van der Waals surface area (Å²) in [5, 5.41) is 6.07. The van der Waals surface area contributed by atoms with Crippen molar-refractivity contribution in [1.29, 1.82) is 0 Å². The van der Waals surface area contributed by atoms with Crippen molar-refractivity contribution in [3.63, 3.8) is 0 Å². The third-order valence-corrected chi connectivity index (χ3v) is 4.97. The minimum Gasteiger partial charge on any atom is -0.492 e. The number of nitrogens with zero attached hydrogens (tertiary/aromatic N) is 2. The largest absolute Gasteiger partial charge is 0.492 e. The molecule has 0 aliphatic carbocycles. The average Bonchev–Trinajstić information content (AvgIpc) is 3.19. The average molecular weight is 518 g/mol. The van der Waals surface area contributed by atoms with Crippen molar-refractivity contribution in [1.82, 2.24) is 15.5 Å². The number of piperidine rings is 1. The van der Waals surface area contributed by atoms with E-state index >= 15 is 0 Å². The van der Waals surface area contributed by atoms with Gasteiger partial charge < -0.3 is 29.7 Å². The molecule has 162 valence electrons. The number of likely N-dealkylation sites (tertiary alicyclic amines) is 1. The van der Waals surface area contributed by atoms with Gasteiger partial charge in [-0.15, -0.1) is 24.0 Å². The number of rotatable bonds is 7. The molecule has 2 heterocycles. The van der Waals surface area contributed by atoms with Gasteiger partial charge in [0.25, 0.3) is 0 Å². The second-order valence-electron chi connectivity index (χ2n) is 6.91. The first kappa shape index (κ1) is 23.4. The summed E-state index contributed by atoms with van der Waals surface area (Å²) in [5.74, 6) is 3.70. The molecule has 1 aromatic carbocycles. The van der Waals surface area contributed by atoms with Gasteiger partial charge in [0.05, 0.1) is 6.54 Å². The molecular weight excluding hydrogens is 487 g/mol. The molecule has 1 amide bonds. The van der Waals surface area contributed by atoms with Gasteiger partial charge in [-0.25, -0.2) is 4.99 Å². The smallest absolute Gasteiger partial charge is 0.231 e. The van der Waals surface area contributed by atoms with Gasteiger partial charge in [0, 0.05) is 39.2 Å². The highest BCUT2D eigenvalue weighted by Crippen LogP contribution is 2.35. The molecule has 9 heteroatoms. The van der Waals surface area contributed by atoms with Crippen molar-refractivity contribution < 1.29 is 19.0 Å². The summed E-state index contributed by atoms with van der Waals surface area (Å²) in [4.78, 5) is 18.5. The molecule has 0 aromatic heterocycles. The first-order valence-corrected chi connectivity index (χ1v) is 9.96. The van der Waals surface area contributed by atoms with Crippen LogP contribution in [0.15, 0.2) is 23.2 Å². The Hall–Kier alpha value is -1.91. The SMILES string of the molecule is CCNC(=NCCOc1ccc2c(c1)OCO2)N1CCC(CC(=O)NC)CC1.I. The van der Waals surface area contributed by atoms with E-state index in [0.717, 1.165) is 49.9 Å². The molecule has 0 bridgehead atoms. The van der Waals surface area contributed by atoms with E-state index < -0.39 is 0 Å². The highest BCUT2D eigenvalue weighted by molar-refractivity contribution is 14.0. The fraction of sp³-hybridized carbons (Fsp3) is 0.600. The van der Waals surface area contributed by atoms with Crippen molar-refractivity contribution in [2.45, 2.75) is 26.2 Å². The lowest BCUT2D eigenvalue weighted by Crippen LogP contribution is -2.46. The first-order valence-electron chi connectivity index (χ1n) is 9.96.